The maximum absolute atomic E-state index is 6.23. The van der Waals surface area contributed by atoms with Crippen molar-refractivity contribution in [2.45, 2.75) is 229 Å². The van der Waals surface area contributed by atoms with Crippen molar-refractivity contribution in [3.05, 3.63) is 0 Å². The highest BCUT2D eigenvalue weighted by Crippen LogP contribution is 2.70. The van der Waals surface area contributed by atoms with Crippen LogP contribution in [0.4, 0.5) is 0 Å². The zero-order chi connectivity index (χ0) is 32.5. The molecule has 7 rings (SSSR count). The molecule has 0 aromatic rings. The zero-order valence-corrected chi connectivity index (χ0v) is 33.0. The number of nitrogens with zero attached hydrogens (tertiary/aromatic N) is 3. The summed E-state index contributed by atoms with van der Waals surface area (Å²) < 4.78 is 18.3. The Bertz CT molecular complexity index is 1130. The van der Waals surface area contributed by atoms with Crippen molar-refractivity contribution in [3.8, 4) is 0 Å². The first-order valence-corrected chi connectivity index (χ1v) is 26.3. The minimum atomic E-state index is -2.54. The van der Waals surface area contributed by atoms with Gasteiger partial charge in [0, 0.05) is 24.2 Å². The van der Waals surface area contributed by atoms with Crippen LogP contribution >= 0.6 is 22.5 Å². The maximum Gasteiger partial charge on any atom is 0.215 e. The van der Waals surface area contributed by atoms with E-state index >= 15 is 0 Å². The first-order valence-electron chi connectivity index (χ1n) is 21.2. The second kappa shape index (κ2) is 18.0. The van der Waals surface area contributed by atoms with Gasteiger partial charge in [0.15, 0.2) is 15.0 Å². The fourth-order valence-electron chi connectivity index (χ4n) is 9.94. The average molecular weight is 724 g/mol. The quantitative estimate of drug-likeness (QED) is 0.125. The first-order chi connectivity index (χ1) is 23.6. The first kappa shape index (κ1) is 36.8. The monoisotopic (exact) mass is 724 g/mol. The Balaban J connectivity index is 1.39. The smallest absolute Gasteiger partial charge is 0.215 e. The minimum Gasteiger partial charge on any atom is -0.257 e. The Hall–Kier alpha value is 0.450. The predicted octanol–water partition coefficient (Wildman–Crippen LogP) is 11.4. The zero-order valence-electron chi connectivity index (χ0n) is 30.4. The van der Waals surface area contributed by atoms with Gasteiger partial charge in [0.2, 0.25) is 7.51 Å². The van der Waals surface area contributed by atoms with Crippen LogP contribution in [0.15, 0.2) is 14.0 Å². The summed E-state index contributed by atoms with van der Waals surface area (Å²) in [6, 6.07) is 2.83. The van der Waals surface area contributed by atoms with Gasteiger partial charge in [0.05, 0.1) is 12.1 Å². The van der Waals surface area contributed by atoms with E-state index in [1.807, 2.05) is 0 Å². The summed E-state index contributed by atoms with van der Waals surface area (Å²) in [7, 11) is -7.42. The lowest BCUT2D eigenvalue weighted by molar-refractivity contribution is 0.401. The summed E-state index contributed by atoms with van der Waals surface area (Å²) in [5, 5.41) is 17.6. The van der Waals surface area contributed by atoms with E-state index in [1.54, 1.807) is 0 Å². The third-order valence-corrected chi connectivity index (χ3v) is 23.5. The molecule has 0 radical (unpaired) electrons. The topological polar surface area (TPSA) is 109 Å². The Kier molecular flexibility index (Phi) is 13.8. The highest BCUT2D eigenvalue weighted by molar-refractivity contribution is 7.88. The van der Waals surface area contributed by atoms with Gasteiger partial charge in [-0.05, 0) is 77.0 Å². The van der Waals surface area contributed by atoms with E-state index in [0.29, 0.717) is 36.3 Å². The van der Waals surface area contributed by atoms with Gasteiger partial charge in [-0.2, -0.15) is 14.2 Å². The van der Waals surface area contributed by atoms with Gasteiger partial charge < -0.3 is 0 Å². The molecule has 2 unspecified atom stereocenters. The summed E-state index contributed by atoms with van der Waals surface area (Å²) in [6.07, 6.45) is 39.1. The van der Waals surface area contributed by atoms with Crippen LogP contribution in [0.3, 0.4) is 0 Å². The van der Waals surface area contributed by atoms with Gasteiger partial charge in [-0.1, -0.05) is 116 Å². The second-order valence-corrected chi connectivity index (χ2v) is 24.4. The molecule has 6 N–H and O–H groups in total. The molecule has 1 heterocycles. The number of nitrogens with one attached hydrogen (secondary N) is 6. The third kappa shape index (κ3) is 10.3. The third-order valence-electron chi connectivity index (χ3n) is 12.5. The highest BCUT2D eigenvalue weighted by atomic mass is 31.3. The van der Waals surface area contributed by atoms with Crippen LogP contribution in [0.25, 0.3) is 0 Å². The fourth-order valence-corrected chi connectivity index (χ4v) is 23.7. The van der Waals surface area contributed by atoms with Crippen LogP contribution in [-0.2, 0) is 0 Å². The van der Waals surface area contributed by atoms with Crippen molar-refractivity contribution >= 4 is 22.5 Å². The van der Waals surface area contributed by atoms with Crippen molar-refractivity contribution in [1.82, 2.24) is 30.1 Å². The van der Waals surface area contributed by atoms with Crippen LogP contribution in [-0.4, -0.2) is 36.3 Å². The van der Waals surface area contributed by atoms with E-state index in [4.69, 9.17) is 14.0 Å². The van der Waals surface area contributed by atoms with Gasteiger partial charge in [-0.3, -0.25) is 29.8 Å². The lowest BCUT2D eigenvalue weighted by atomic mass is 9.96. The number of hydrogen-bond acceptors (Lipinski definition) is 4. The predicted molar refractivity (Wildman–Crippen MR) is 208 cm³/mol. The van der Waals surface area contributed by atoms with Crippen LogP contribution in [0, 0.1) is 0 Å². The molecule has 12 heteroatoms. The Labute approximate surface area is 294 Å². The summed E-state index contributed by atoms with van der Waals surface area (Å²) in [5.74, 6) is 0. The van der Waals surface area contributed by atoms with E-state index in [0.717, 1.165) is 0 Å². The van der Waals surface area contributed by atoms with Gasteiger partial charge in [0.25, 0.3) is 0 Å². The van der Waals surface area contributed by atoms with Crippen molar-refractivity contribution in [2.75, 3.05) is 0 Å². The number of rotatable bonds is 10. The number of hydrogen-bond donors (Lipinski definition) is 6. The molecular formula is C36H72N9P3. The molecule has 0 spiro atoms. The van der Waals surface area contributed by atoms with Crippen LogP contribution in [0.2, 0.25) is 0 Å². The SMILES string of the molecule is C1CCC(N=P2(NC3CCCCC3)N=P(NC3CCCCC3)(NC3CCCCC3)NP(=NC3CCCCC3)(NC3CCCCC3)N2)CC1. The Morgan fingerprint density at radius 2 is 0.729 bits per heavy atom. The highest BCUT2D eigenvalue weighted by Gasteiger charge is 2.46. The van der Waals surface area contributed by atoms with Crippen molar-refractivity contribution in [2.24, 2.45) is 14.0 Å². The van der Waals surface area contributed by atoms with Gasteiger partial charge in [-0.25, -0.2) is 0 Å². The lowest BCUT2D eigenvalue weighted by Crippen LogP contribution is -2.49. The van der Waals surface area contributed by atoms with E-state index < -0.39 is 22.5 Å². The summed E-state index contributed by atoms with van der Waals surface area (Å²) in [6.45, 7) is 0. The van der Waals surface area contributed by atoms with Gasteiger partial charge in [0.1, 0.15) is 0 Å². The van der Waals surface area contributed by atoms with Crippen molar-refractivity contribution in [1.29, 1.82) is 0 Å². The van der Waals surface area contributed by atoms with Crippen LogP contribution in [0.1, 0.15) is 193 Å². The lowest BCUT2D eigenvalue weighted by Gasteiger charge is -2.49. The largest absolute Gasteiger partial charge is 0.257 e. The molecule has 0 amide bonds. The molecular weight excluding hydrogens is 651 g/mol. The molecule has 6 fully saturated rings. The van der Waals surface area contributed by atoms with E-state index in [1.165, 1.54) is 193 Å². The molecule has 2 atom stereocenters. The molecule has 48 heavy (non-hydrogen) atoms. The second-order valence-electron chi connectivity index (χ2n) is 16.8. The molecule has 276 valence electrons. The van der Waals surface area contributed by atoms with E-state index in [2.05, 4.69) is 30.1 Å². The summed E-state index contributed by atoms with van der Waals surface area (Å²) >= 11 is 0. The molecule has 0 aromatic heterocycles. The maximum atomic E-state index is 6.23. The summed E-state index contributed by atoms with van der Waals surface area (Å²) in [4.78, 5) is 8.91. The van der Waals surface area contributed by atoms with Crippen LogP contribution < -0.4 is 30.1 Å². The van der Waals surface area contributed by atoms with E-state index in [-0.39, 0.29) is 0 Å². The van der Waals surface area contributed by atoms with E-state index in [9.17, 15) is 0 Å². The van der Waals surface area contributed by atoms with Gasteiger partial charge in [-0.15, -0.1) is 0 Å². The molecule has 1 aliphatic heterocycles. The van der Waals surface area contributed by atoms with Crippen LogP contribution in [0.5, 0.6) is 0 Å². The average Bonchev–Trinajstić information content (AvgIpc) is 3.10. The van der Waals surface area contributed by atoms with Gasteiger partial charge >= 0.3 is 0 Å². The minimum absolute atomic E-state index is 0.398. The molecule has 7 aliphatic rings. The molecule has 6 saturated carbocycles. The molecule has 0 bridgehead atoms. The van der Waals surface area contributed by atoms with Crippen molar-refractivity contribution < 1.29 is 0 Å². The van der Waals surface area contributed by atoms with Crippen molar-refractivity contribution in [3.63, 3.8) is 0 Å². The molecule has 0 aromatic carbocycles. The fraction of sp³-hybridized carbons (Fsp3) is 1.00. The summed E-state index contributed by atoms with van der Waals surface area (Å²) in [5.41, 5.74) is 0. The normalized spacial score (nSPS) is 34.4. The molecule has 6 aliphatic carbocycles. The Morgan fingerprint density at radius 3 is 1.17 bits per heavy atom. The molecule has 0 saturated heterocycles. The standard InChI is InChI=1S/C36H72N9P3/c1-7-19-31(20-8-1)37-46(38-32-21-9-2-10-22-32)43-47(39-33-23-11-3-12-24-33,40-34-25-13-4-14-26-34)45-48(44-46,41-35-27-15-5-16-28-35)42-36-29-17-6-18-30-36/h31-39,41,43,45H,1-30H2. The Morgan fingerprint density at radius 1 is 0.375 bits per heavy atom. The molecule has 9 nitrogen and oxygen atoms in total.